The van der Waals surface area contributed by atoms with Crippen molar-refractivity contribution in [1.29, 1.82) is 0 Å². The van der Waals surface area contributed by atoms with Crippen LogP contribution < -0.4 is 19.6 Å². The molecule has 2 heterocycles. The van der Waals surface area contributed by atoms with Crippen LogP contribution in [0.4, 0.5) is 0 Å². The van der Waals surface area contributed by atoms with Crippen LogP contribution in [0.5, 0.6) is 40.2 Å². The van der Waals surface area contributed by atoms with Crippen molar-refractivity contribution in [3.8, 4) is 51.6 Å². The number of hydrogen-bond donors (Lipinski definition) is 4. The van der Waals surface area contributed by atoms with E-state index in [9.17, 15) is 30.0 Å². The summed E-state index contributed by atoms with van der Waals surface area (Å²) in [6.07, 6.45) is 1.55. The molecule has 1 aliphatic heterocycles. The summed E-state index contributed by atoms with van der Waals surface area (Å²) in [4.78, 5) is 26.0. The van der Waals surface area contributed by atoms with E-state index >= 15 is 0 Å². The Hall–Kier alpha value is -4.86. The summed E-state index contributed by atoms with van der Waals surface area (Å²) < 4.78 is 23.1. The Morgan fingerprint density at radius 1 is 1.00 bits per heavy atom. The van der Waals surface area contributed by atoms with Gasteiger partial charge in [0, 0.05) is 28.7 Å². The van der Waals surface area contributed by atoms with Gasteiger partial charge in [-0.2, -0.15) is 0 Å². The zero-order valence-corrected chi connectivity index (χ0v) is 21.2. The molecule has 202 valence electrons. The van der Waals surface area contributed by atoms with Crippen LogP contribution in [0, 0.1) is 0 Å². The number of phenols is 3. The lowest BCUT2D eigenvalue weighted by molar-refractivity contribution is -0.135. The highest BCUT2D eigenvalue weighted by atomic mass is 16.5. The van der Waals surface area contributed by atoms with Gasteiger partial charge in [0.2, 0.25) is 11.2 Å². The molecule has 39 heavy (non-hydrogen) atoms. The van der Waals surface area contributed by atoms with E-state index in [0.717, 1.165) is 25.0 Å². The van der Waals surface area contributed by atoms with Crippen LogP contribution in [0.3, 0.4) is 0 Å². The first kappa shape index (κ1) is 25.8. The summed E-state index contributed by atoms with van der Waals surface area (Å²) in [6, 6.07) is 10.0. The van der Waals surface area contributed by atoms with Crippen LogP contribution in [0.25, 0.3) is 22.3 Å². The smallest absolute Gasteiger partial charge is 0.312 e. The van der Waals surface area contributed by atoms with Crippen molar-refractivity contribution in [2.24, 2.45) is 0 Å². The lowest BCUT2D eigenvalue weighted by Crippen LogP contribution is -2.22. The second-order valence-electron chi connectivity index (χ2n) is 9.14. The molecule has 1 atom stereocenters. The van der Waals surface area contributed by atoms with Gasteiger partial charge >= 0.3 is 5.97 Å². The molecule has 10 heteroatoms. The number of benzene rings is 3. The Labute approximate surface area is 222 Å². The number of carbonyl (C=O) groups excluding carboxylic acids is 1. The van der Waals surface area contributed by atoms with Crippen LogP contribution in [0.1, 0.15) is 43.2 Å². The van der Waals surface area contributed by atoms with E-state index in [4.69, 9.17) is 18.6 Å². The number of esters is 1. The lowest BCUT2D eigenvalue weighted by Gasteiger charge is -2.28. The highest BCUT2D eigenvalue weighted by Gasteiger charge is 2.36. The SMILES string of the molecule is CCCCOc1c(OC)cccc1[C@@H]1CC(=O)Oc2cc(O)c3c(=O)c(O)c(-c4ccc(O)c(O)c4)oc3c21. The number of para-hydroxylation sites is 1. The predicted octanol–water partition coefficient (Wildman–Crippen LogP) is 4.91. The molecule has 10 nitrogen and oxygen atoms in total. The van der Waals surface area contributed by atoms with Gasteiger partial charge in [0.25, 0.3) is 0 Å². The molecule has 4 aromatic rings. The summed E-state index contributed by atoms with van der Waals surface area (Å²) >= 11 is 0. The second kappa shape index (κ2) is 10.1. The molecule has 0 spiro atoms. The van der Waals surface area contributed by atoms with Crippen LogP contribution >= 0.6 is 0 Å². The summed E-state index contributed by atoms with van der Waals surface area (Å²) in [5.74, 6) is -3.02. The van der Waals surface area contributed by atoms with Gasteiger partial charge in [-0.3, -0.25) is 9.59 Å². The maximum Gasteiger partial charge on any atom is 0.312 e. The molecule has 1 aromatic heterocycles. The van der Waals surface area contributed by atoms with Crippen LogP contribution in [-0.2, 0) is 4.79 Å². The van der Waals surface area contributed by atoms with Crippen LogP contribution in [-0.4, -0.2) is 40.1 Å². The van der Waals surface area contributed by atoms with Gasteiger partial charge in [-0.15, -0.1) is 0 Å². The van der Waals surface area contributed by atoms with Gasteiger partial charge < -0.3 is 39.1 Å². The second-order valence-corrected chi connectivity index (χ2v) is 9.14. The average molecular weight is 535 g/mol. The number of hydrogen-bond acceptors (Lipinski definition) is 10. The summed E-state index contributed by atoms with van der Waals surface area (Å²) in [6.45, 7) is 2.43. The quantitative estimate of drug-likeness (QED) is 0.111. The van der Waals surface area contributed by atoms with Gasteiger partial charge in [0.05, 0.1) is 20.1 Å². The number of unbranched alkanes of at least 4 members (excludes halogenated alkanes) is 1. The number of aromatic hydroxyl groups is 4. The molecule has 0 saturated heterocycles. The van der Waals surface area contributed by atoms with Crippen molar-refractivity contribution in [3.05, 3.63) is 63.8 Å². The third-order valence-electron chi connectivity index (χ3n) is 6.65. The number of phenolic OH excluding ortho intramolecular Hbond substituents is 3. The molecule has 0 amide bonds. The van der Waals surface area contributed by atoms with Crippen molar-refractivity contribution >= 4 is 16.9 Å². The van der Waals surface area contributed by atoms with Gasteiger partial charge in [-0.25, -0.2) is 0 Å². The number of methoxy groups -OCH3 is 1. The summed E-state index contributed by atoms with van der Waals surface area (Å²) in [7, 11) is 1.50. The number of carbonyl (C=O) groups is 1. The number of fused-ring (bicyclic) bond motifs is 3. The fourth-order valence-electron chi connectivity index (χ4n) is 4.75. The van der Waals surface area contributed by atoms with Crippen LogP contribution in [0.15, 0.2) is 51.7 Å². The first-order valence-electron chi connectivity index (χ1n) is 12.3. The molecular formula is C29H26O10. The Kier molecular flexibility index (Phi) is 6.69. The van der Waals surface area contributed by atoms with E-state index in [1.807, 2.05) is 6.92 Å². The van der Waals surface area contributed by atoms with E-state index < -0.39 is 40.3 Å². The standard InChI is InChI=1S/C29H26O10/c1-3-4-10-37-28-15(6-5-7-20(28)36-2)16-12-22(33)38-21-13-19(32)24-25(34)26(35)27(39-29(24)23(16)21)14-8-9-17(30)18(31)11-14/h5-9,11,13,16,30-32,35H,3-4,10,12H2,1-2H3/t16-/m0/s1. The monoisotopic (exact) mass is 534 g/mol. The van der Waals surface area contributed by atoms with Gasteiger partial charge in [0.15, 0.2) is 28.8 Å². The molecule has 0 bridgehead atoms. The molecule has 1 aliphatic rings. The van der Waals surface area contributed by atoms with Crippen molar-refractivity contribution in [2.45, 2.75) is 32.1 Å². The normalized spacial score (nSPS) is 14.6. The van der Waals surface area contributed by atoms with Crippen LogP contribution in [0.2, 0.25) is 0 Å². The van der Waals surface area contributed by atoms with Crippen molar-refractivity contribution < 1.29 is 43.8 Å². The van der Waals surface area contributed by atoms with E-state index in [2.05, 4.69) is 0 Å². The van der Waals surface area contributed by atoms with Crippen molar-refractivity contribution in [3.63, 3.8) is 0 Å². The minimum Gasteiger partial charge on any atom is -0.507 e. The molecule has 4 N–H and O–H groups in total. The van der Waals surface area contributed by atoms with Gasteiger partial charge in [0.1, 0.15) is 22.5 Å². The molecule has 0 unspecified atom stereocenters. The molecule has 0 radical (unpaired) electrons. The zero-order chi connectivity index (χ0) is 27.8. The highest BCUT2D eigenvalue weighted by Crippen LogP contribution is 2.50. The summed E-state index contributed by atoms with van der Waals surface area (Å²) in [5, 5.41) is 40.8. The van der Waals surface area contributed by atoms with Gasteiger partial charge in [-0.1, -0.05) is 25.5 Å². The first-order chi connectivity index (χ1) is 18.7. The first-order valence-corrected chi connectivity index (χ1v) is 12.3. The van der Waals surface area contributed by atoms with E-state index in [1.165, 1.54) is 19.2 Å². The Morgan fingerprint density at radius 3 is 2.51 bits per heavy atom. The highest BCUT2D eigenvalue weighted by molar-refractivity contribution is 5.94. The van der Waals surface area contributed by atoms with Crippen molar-refractivity contribution in [2.75, 3.05) is 13.7 Å². The maximum absolute atomic E-state index is 13.3. The lowest BCUT2D eigenvalue weighted by atomic mass is 9.84. The largest absolute Gasteiger partial charge is 0.507 e. The van der Waals surface area contributed by atoms with E-state index in [1.54, 1.807) is 18.2 Å². The number of ether oxygens (including phenoxy) is 3. The van der Waals surface area contributed by atoms with Gasteiger partial charge in [-0.05, 0) is 30.7 Å². The third kappa shape index (κ3) is 4.43. The Bertz CT molecular complexity index is 1650. The Balaban J connectivity index is 1.81. The zero-order valence-electron chi connectivity index (χ0n) is 21.2. The molecule has 5 rings (SSSR count). The average Bonchev–Trinajstić information content (AvgIpc) is 2.91. The minimum absolute atomic E-state index is 0.0167. The molecule has 0 saturated carbocycles. The minimum atomic E-state index is -0.931. The van der Waals surface area contributed by atoms with Crippen molar-refractivity contribution in [1.82, 2.24) is 0 Å². The third-order valence-corrected chi connectivity index (χ3v) is 6.65. The maximum atomic E-state index is 13.3. The fourth-order valence-corrected chi connectivity index (χ4v) is 4.75. The molecular weight excluding hydrogens is 508 g/mol. The molecule has 0 fully saturated rings. The predicted molar refractivity (Wildman–Crippen MR) is 140 cm³/mol. The van der Waals surface area contributed by atoms with E-state index in [0.29, 0.717) is 23.7 Å². The Morgan fingerprint density at radius 2 is 1.79 bits per heavy atom. The number of rotatable bonds is 7. The summed E-state index contributed by atoms with van der Waals surface area (Å²) in [5.41, 5.74) is -0.0875. The van der Waals surface area contributed by atoms with E-state index in [-0.39, 0.29) is 40.0 Å². The molecule has 0 aliphatic carbocycles. The molecule has 3 aromatic carbocycles. The topological polar surface area (TPSA) is 156 Å². The fraction of sp³-hybridized carbons (Fsp3) is 0.241.